The minimum atomic E-state index is -0.472. The predicted octanol–water partition coefficient (Wildman–Crippen LogP) is 1.69. The Labute approximate surface area is 112 Å². The number of aryl methyl sites for hydroxylation is 1. The fourth-order valence-electron chi connectivity index (χ4n) is 2.77. The normalized spacial score (nSPS) is 19.5. The van der Waals surface area contributed by atoms with Crippen LogP contribution in [0.15, 0.2) is 30.5 Å². The van der Waals surface area contributed by atoms with Crippen LogP contribution in [0, 0.1) is 0 Å². The molecule has 1 unspecified atom stereocenters. The molecule has 1 amide bonds. The molecular weight excluding hydrogens is 240 g/mol. The second-order valence-corrected chi connectivity index (χ2v) is 5.16. The van der Waals surface area contributed by atoms with Crippen molar-refractivity contribution < 1.29 is 9.90 Å². The van der Waals surface area contributed by atoms with E-state index in [1.165, 1.54) is 10.9 Å². The molecule has 2 aromatic rings. The quantitative estimate of drug-likeness (QED) is 0.877. The fourth-order valence-corrected chi connectivity index (χ4v) is 2.77. The van der Waals surface area contributed by atoms with E-state index in [1.54, 1.807) is 4.90 Å². The number of hydrogen-bond acceptors (Lipinski definition) is 2. The summed E-state index contributed by atoms with van der Waals surface area (Å²) in [7, 11) is 0. The highest BCUT2D eigenvalue weighted by Crippen LogP contribution is 2.19. The maximum atomic E-state index is 11.5. The molecule has 100 valence electrons. The van der Waals surface area contributed by atoms with Crippen LogP contribution in [0.25, 0.3) is 10.9 Å². The van der Waals surface area contributed by atoms with Crippen LogP contribution in [-0.4, -0.2) is 40.1 Å². The van der Waals surface area contributed by atoms with Gasteiger partial charge in [-0.25, -0.2) is 0 Å². The number of nitrogens with zero attached hydrogens (tertiary/aromatic N) is 1. The summed E-state index contributed by atoms with van der Waals surface area (Å²) in [6, 6.07) is 8.25. The molecule has 0 bridgehead atoms. The second kappa shape index (κ2) is 5.05. The number of carbonyl (C=O) groups excluding carboxylic acids is 1. The Balaban J connectivity index is 1.59. The third kappa shape index (κ3) is 2.49. The van der Waals surface area contributed by atoms with Gasteiger partial charge in [-0.15, -0.1) is 0 Å². The Hall–Kier alpha value is -1.81. The van der Waals surface area contributed by atoms with Gasteiger partial charge in [0, 0.05) is 30.2 Å². The van der Waals surface area contributed by atoms with E-state index >= 15 is 0 Å². The highest BCUT2D eigenvalue weighted by atomic mass is 16.3. The van der Waals surface area contributed by atoms with Gasteiger partial charge >= 0.3 is 0 Å². The number of aliphatic hydroxyl groups is 1. The van der Waals surface area contributed by atoms with E-state index in [0.717, 1.165) is 24.9 Å². The lowest BCUT2D eigenvalue weighted by Crippen LogP contribution is -2.27. The highest BCUT2D eigenvalue weighted by Gasteiger charge is 2.27. The molecule has 1 atom stereocenters. The summed E-state index contributed by atoms with van der Waals surface area (Å²) >= 11 is 0. The van der Waals surface area contributed by atoms with Crippen molar-refractivity contribution in [3.63, 3.8) is 0 Å². The zero-order valence-corrected chi connectivity index (χ0v) is 10.8. The van der Waals surface area contributed by atoms with E-state index in [0.29, 0.717) is 6.54 Å². The highest BCUT2D eigenvalue weighted by molar-refractivity contribution is 5.83. The van der Waals surface area contributed by atoms with Crippen LogP contribution >= 0.6 is 0 Å². The van der Waals surface area contributed by atoms with Crippen LogP contribution in [-0.2, 0) is 11.2 Å². The molecule has 1 fully saturated rings. The number of β-amino-alcohol motifs (C(OH)–C–C–N with tert-alkyl or cyclic N) is 1. The molecule has 0 radical (unpaired) electrons. The molecule has 1 aliphatic rings. The number of rotatable bonds is 4. The number of amides is 1. The molecule has 2 heterocycles. The number of para-hydroxylation sites is 1. The molecule has 1 aliphatic heterocycles. The molecule has 4 nitrogen and oxygen atoms in total. The maximum Gasteiger partial charge on any atom is 0.225 e. The molecular formula is C15H18N2O2. The smallest absolute Gasteiger partial charge is 0.225 e. The number of aromatic nitrogens is 1. The van der Waals surface area contributed by atoms with E-state index in [1.807, 2.05) is 18.3 Å². The number of likely N-dealkylation sites (tertiary alicyclic amines) is 1. The molecule has 0 aliphatic carbocycles. The first-order valence-electron chi connectivity index (χ1n) is 6.75. The second-order valence-electron chi connectivity index (χ2n) is 5.16. The first kappa shape index (κ1) is 12.2. The standard InChI is InChI=1S/C15H18N2O2/c18-12-8-15(19)17(10-12)7-3-4-11-9-16-14-6-2-1-5-13(11)14/h1-2,5-6,9,12,16,18H,3-4,7-8,10H2. The Morgan fingerprint density at radius 2 is 2.21 bits per heavy atom. The molecule has 1 aromatic carbocycles. The van der Waals surface area contributed by atoms with Crippen molar-refractivity contribution >= 4 is 16.8 Å². The number of carbonyl (C=O) groups is 1. The SMILES string of the molecule is O=C1CC(O)CN1CCCc1c[nH]c2ccccc12. The molecule has 3 rings (SSSR count). The summed E-state index contributed by atoms with van der Waals surface area (Å²) in [5.74, 6) is 0.0754. The van der Waals surface area contributed by atoms with Crippen LogP contribution in [0.5, 0.6) is 0 Å². The van der Waals surface area contributed by atoms with Crippen molar-refractivity contribution in [3.05, 3.63) is 36.0 Å². The van der Waals surface area contributed by atoms with Gasteiger partial charge in [0.05, 0.1) is 12.5 Å². The third-order valence-corrected chi connectivity index (χ3v) is 3.74. The van der Waals surface area contributed by atoms with Gasteiger partial charge in [0.25, 0.3) is 0 Å². The number of fused-ring (bicyclic) bond motifs is 1. The lowest BCUT2D eigenvalue weighted by atomic mass is 10.1. The van der Waals surface area contributed by atoms with E-state index in [9.17, 15) is 9.90 Å². The molecule has 2 N–H and O–H groups in total. The van der Waals surface area contributed by atoms with Gasteiger partial charge in [-0.3, -0.25) is 4.79 Å². The lowest BCUT2D eigenvalue weighted by molar-refractivity contribution is -0.127. The summed E-state index contributed by atoms with van der Waals surface area (Å²) in [4.78, 5) is 16.6. The van der Waals surface area contributed by atoms with Crippen molar-refractivity contribution in [2.24, 2.45) is 0 Å². The van der Waals surface area contributed by atoms with Gasteiger partial charge in [0.1, 0.15) is 0 Å². The average molecular weight is 258 g/mol. The Kier molecular flexibility index (Phi) is 3.25. The Morgan fingerprint density at radius 1 is 1.37 bits per heavy atom. The topological polar surface area (TPSA) is 56.3 Å². The number of nitrogens with one attached hydrogen (secondary N) is 1. The first-order chi connectivity index (χ1) is 9.24. The summed E-state index contributed by atoms with van der Waals surface area (Å²) in [6.45, 7) is 1.22. The minimum absolute atomic E-state index is 0.0754. The zero-order chi connectivity index (χ0) is 13.2. The summed E-state index contributed by atoms with van der Waals surface area (Å²) in [6.07, 6.45) is 3.74. The van der Waals surface area contributed by atoms with Gasteiger partial charge in [0.15, 0.2) is 0 Å². The minimum Gasteiger partial charge on any atom is -0.391 e. The van der Waals surface area contributed by atoms with E-state index < -0.39 is 6.10 Å². The van der Waals surface area contributed by atoms with E-state index in [-0.39, 0.29) is 12.3 Å². The first-order valence-corrected chi connectivity index (χ1v) is 6.75. The van der Waals surface area contributed by atoms with Crippen LogP contribution in [0.3, 0.4) is 0 Å². The van der Waals surface area contributed by atoms with E-state index in [2.05, 4.69) is 17.1 Å². The van der Waals surface area contributed by atoms with Gasteiger partial charge in [-0.05, 0) is 24.5 Å². The van der Waals surface area contributed by atoms with Gasteiger partial charge in [-0.2, -0.15) is 0 Å². The molecule has 4 heteroatoms. The number of benzene rings is 1. The van der Waals surface area contributed by atoms with Crippen molar-refractivity contribution in [2.75, 3.05) is 13.1 Å². The monoisotopic (exact) mass is 258 g/mol. The number of aromatic amines is 1. The molecule has 1 saturated heterocycles. The van der Waals surface area contributed by atoms with Crippen molar-refractivity contribution in [1.82, 2.24) is 9.88 Å². The van der Waals surface area contributed by atoms with Gasteiger partial charge < -0.3 is 15.0 Å². The molecule has 1 aromatic heterocycles. The zero-order valence-electron chi connectivity index (χ0n) is 10.8. The van der Waals surface area contributed by atoms with Crippen LogP contribution in [0.4, 0.5) is 0 Å². The third-order valence-electron chi connectivity index (χ3n) is 3.74. The fraction of sp³-hybridized carbons (Fsp3) is 0.400. The number of H-pyrrole nitrogens is 1. The Morgan fingerprint density at radius 3 is 3.00 bits per heavy atom. The lowest BCUT2D eigenvalue weighted by Gasteiger charge is -2.15. The van der Waals surface area contributed by atoms with Crippen LogP contribution < -0.4 is 0 Å². The molecule has 19 heavy (non-hydrogen) atoms. The summed E-state index contributed by atoms with van der Waals surface area (Å²) < 4.78 is 0. The predicted molar refractivity (Wildman–Crippen MR) is 73.8 cm³/mol. The summed E-state index contributed by atoms with van der Waals surface area (Å²) in [5.41, 5.74) is 2.45. The van der Waals surface area contributed by atoms with Crippen LogP contribution in [0.2, 0.25) is 0 Å². The average Bonchev–Trinajstić information content (AvgIpc) is 2.94. The van der Waals surface area contributed by atoms with Gasteiger partial charge in [-0.1, -0.05) is 18.2 Å². The molecule has 0 saturated carbocycles. The Bertz CT molecular complexity index is 591. The number of hydrogen-bond donors (Lipinski definition) is 2. The number of aliphatic hydroxyl groups excluding tert-OH is 1. The summed E-state index contributed by atoms with van der Waals surface area (Å²) in [5, 5.41) is 10.7. The molecule has 0 spiro atoms. The van der Waals surface area contributed by atoms with Gasteiger partial charge in [0.2, 0.25) is 5.91 Å². The van der Waals surface area contributed by atoms with Crippen molar-refractivity contribution in [1.29, 1.82) is 0 Å². The van der Waals surface area contributed by atoms with Crippen LogP contribution in [0.1, 0.15) is 18.4 Å². The van der Waals surface area contributed by atoms with Crippen molar-refractivity contribution in [2.45, 2.75) is 25.4 Å². The maximum absolute atomic E-state index is 11.5. The van der Waals surface area contributed by atoms with Crippen molar-refractivity contribution in [3.8, 4) is 0 Å². The van der Waals surface area contributed by atoms with E-state index in [4.69, 9.17) is 0 Å². The largest absolute Gasteiger partial charge is 0.391 e.